The Morgan fingerprint density at radius 1 is 1.03 bits per heavy atom. The number of methoxy groups -OCH3 is 1. The van der Waals surface area contributed by atoms with Crippen molar-refractivity contribution in [3.63, 3.8) is 0 Å². The van der Waals surface area contributed by atoms with Crippen LogP contribution in [0.25, 0.3) is 0 Å². The second-order valence-corrected chi connectivity index (χ2v) is 11.0. The highest BCUT2D eigenvalue weighted by Gasteiger charge is 2.59. The predicted octanol–water partition coefficient (Wildman–Crippen LogP) is 1.77. The summed E-state index contributed by atoms with van der Waals surface area (Å²) < 4.78 is 35.8. The first-order chi connectivity index (χ1) is 17.0. The Morgan fingerprint density at radius 3 is 2.18 bits per heavy atom. The first-order valence-corrected chi connectivity index (χ1v) is 13.6. The molecule has 39 heavy (non-hydrogen) atoms. The normalized spacial score (nSPS) is 16.6. The van der Waals surface area contributed by atoms with Crippen molar-refractivity contribution in [2.24, 2.45) is 0 Å². The van der Waals surface area contributed by atoms with Gasteiger partial charge in [-0.15, -0.1) is 0 Å². The molecule has 0 aliphatic carbocycles. The summed E-state index contributed by atoms with van der Waals surface area (Å²) in [7, 11) is -2.58. The van der Waals surface area contributed by atoms with Crippen molar-refractivity contribution in [1.82, 2.24) is 0 Å². The van der Waals surface area contributed by atoms with Crippen LogP contribution in [0.15, 0.2) is 77.3 Å². The van der Waals surface area contributed by atoms with E-state index in [-0.39, 0.29) is 23.0 Å². The van der Waals surface area contributed by atoms with Crippen molar-refractivity contribution in [1.29, 1.82) is 0 Å². The Balaban J connectivity index is 0.00000253. The van der Waals surface area contributed by atoms with Crippen LogP contribution in [0.4, 0.5) is 11.4 Å². The van der Waals surface area contributed by atoms with E-state index in [0.29, 0.717) is 22.7 Å². The summed E-state index contributed by atoms with van der Waals surface area (Å²) >= 11 is 3.47. The monoisotopic (exact) mass is 626 g/mol. The first kappa shape index (κ1) is 33.7. The number of benzene rings is 3. The third-order valence-corrected chi connectivity index (χ3v) is 6.94. The molecule has 0 aromatic heterocycles. The molecule has 7 N–H and O–H groups in total. The fourth-order valence-electron chi connectivity index (χ4n) is 4.38. The number of carbonyl (C=O) groups is 2. The lowest BCUT2D eigenvalue weighted by Crippen LogP contribution is -2.57. The van der Waals surface area contributed by atoms with Crippen LogP contribution >= 0.6 is 15.9 Å². The van der Waals surface area contributed by atoms with E-state index in [2.05, 4.69) is 21.2 Å². The molecule has 0 spiro atoms. The van der Waals surface area contributed by atoms with E-state index < -0.39 is 33.5 Å². The summed E-state index contributed by atoms with van der Waals surface area (Å²) in [6.45, 7) is 1.41. The summed E-state index contributed by atoms with van der Waals surface area (Å²) in [5.41, 5.74) is 0.436. The van der Waals surface area contributed by atoms with Gasteiger partial charge in [0.25, 0.3) is 16.0 Å². The molecule has 0 radical (unpaired) electrons. The lowest BCUT2D eigenvalue weighted by atomic mass is 9.83. The van der Waals surface area contributed by atoms with Crippen molar-refractivity contribution in [3.05, 3.63) is 88.4 Å². The number of ether oxygens (including phenoxy) is 1. The van der Waals surface area contributed by atoms with Crippen molar-refractivity contribution in [3.8, 4) is 5.75 Å². The van der Waals surface area contributed by atoms with Crippen LogP contribution in [0, 0.1) is 0 Å². The third-order valence-electron chi connectivity index (χ3n) is 5.91. The van der Waals surface area contributed by atoms with Crippen molar-refractivity contribution in [2.75, 3.05) is 23.6 Å². The molecular weight excluding hydrogens is 596 g/mol. The number of nitrogens with one attached hydrogen (secondary N) is 1. The molecule has 1 heterocycles. The average Bonchev–Trinajstić information content (AvgIpc) is 3.05. The minimum atomic E-state index is -4.12. The molecule has 4 rings (SSSR count). The highest BCUT2D eigenvalue weighted by Crippen LogP contribution is 2.47. The SMILES string of the molecule is COc1ccc(N[C@@]2([C@@H](OS(C)(=O)=O)C(C)=O)C(=O)N(Cc3ccccc3)c3cc(Br)ccc32)cc1.O.O.O. The zero-order chi connectivity index (χ0) is 26.1. The van der Waals surface area contributed by atoms with E-state index >= 15 is 0 Å². The molecule has 0 saturated carbocycles. The number of amides is 1. The van der Waals surface area contributed by atoms with Gasteiger partial charge in [0.05, 0.1) is 25.6 Å². The second-order valence-electron chi connectivity index (χ2n) is 8.49. The zero-order valence-electron chi connectivity index (χ0n) is 21.4. The Hall–Kier alpha value is -3.33. The van der Waals surface area contributed by atoms with Crippen LogP contribution in [-0.4, -0.2) is 56.0 Å². The molecule has 0 bridgehead atoms. The van der Waals surface area contributed by atoms with Crippen LogP contribution < -0.4 is 15.0 Å². The molecule has 0 fully saturated rings. The Labute approximate surface area is 234 Å². The van der Waals surface area contributed by atoms with Crippen LogP contribution in [0.5, 0.6) is 5.75 Å². The fourth-order valence-corrected chi connectivity index (χ4v) is 5.36. The fraction of sp³-hybridized carbons (Fsp3) is 0.231. The van der Waals surface area contributed by atoms with Gasteiger partial charge in [0, 0.05) is 15.7 Å². The van der Waals surface area contributed by atoms with Gasteiger partial charge in [-0.25, -0.2) is 0 Å². The van der Waals surface area contributed by atoms with Gasteiger partial charge >= 0.3 is 0 Å². The maximum Gasteiger partial charge on any atom is 0.265 e. The van der Waals surface area contributed by atoms with Crippen molar-refractivity contribution in [2.45, 2.75) is 25.1 Å². The Bertz CT molecular complexity index is 1400. The van der Waals surface area contributed by atoms with E-state index in [0.717, 1.165) is 16.3 Å². The number of nitrogens with zero attached hydrogens (tertiary/aromatic N) is 1. The minimum Gasteiger partial charge on any atom is -0.497 e. The zero-order valence-corrected chi connectivity index (χ0v) is 23.8. The third kappa shape index (κ3) is 6.82. The quantitative estimate of drug-likeness (QED) is 0.349. The minimum absolute atomic E-state index is 0. The van der Waals surface area contributed by atoms with Gasteiger partial charge in [0.1, 0.15) is 5.75 Å². The number of ketones is 1. The Kier molecular flexibility index (Phi) is 11.4. The molecule has 1 amide bonds. The molecule has 1 aliphatic heterocycles. The van der Waals surface area contributed by atoms with Gasteiger partial charge in [0.2, 0.25) is 0 Å². The average molecular weight is 628 g/mol. The number of anilines is 2. The van der Waals surface area contributed by atoms with E-state index in [1.165, 1.54) is 18.9 Å². The summed E-state index contributed by atoms with van der Waals surface area (Å²) in [4.78, 5) is 28.9. The van der Waals surface area contributed by atoms with Gasteiger partial charge in [-0.05, 0) is 48.9 Å². The summed E-state index contributed by atoms with van der Waals surface area (Å²) in [6, 6.07) is 21.3. The number of rotatable bonds is 9. The maximum absolute atomic E-state index is 14.4. The number of fused-ring (bicyclic) bond motifs is 1. The van der Waals surface area contributed by atoms with Gasteiger partial charge in [-0.3, -0.25) is 13.8 Å². The van der Waals surface area contributed by atoms with Gasteiger partial charge < -0.3 is 31.4 Å². The van der Waals surface area contributed by atoms with E-state index in [4.69, 9.17) is 8.92 Å². The molecule has 0 saturated heterocycles. The lowest BCUT2D eigenvalue weighted by Gasteiger charge is -2.36. The van der Waals surface area contributed by atoms with E-state index in [9.17, 15) is 18.0 Å². The molecular formula is C26H31BrN2O9S. The molecule has 3 aromatic carbocycles. The molecule has 11 nitrogen and oxygen atoms in total. The highest BCUT2D eigenvalue weighted by molar-refractivity contribution is 9.10. The number of hydrogen-bond donors (Lipinski definition) is 1. The maximum atomic E-state index is 14.4. The lowest BCUT2D eigenvalue weighted by molar-refractivity contribution is -0.134. The highest BCUT2D eigenvalue weighted by atomic mass is 79.9. The molecule has 212 valence electrons. The number of Topliss-reactive ketones (excluding diaryl/α,β-unsaturated/α-hetero) is 1. The molecule has 3 aromatic rings. The van der Waals surface area contributed by atoms with Gasteiger partial charge in [0.15, 0.2) is 17.4 Å². The predicted molar refractivity (Wildman–Crippen MR) is 151 cm³/mol. The number of hydrogen-bond acceptors (Lipinski definition) is 7. The summed E-state index contributed by atoms with van der Waals surface area (Å²) in [5, 5.41) is 3.18. The smallest absolute Gasteiger partial charge is 0.265 e. The second kappa shape index (κ2) is 13.2. The van der Waals surface area contributed by atoms with Crippen LogP contribution in [0.3, 0.4) is 0 Å². The first-order valence-electron chi connectivity index (χ1n) is 11.0. The molecule has 1 aliphatic rings. The topological polar surface area (TPSA) is 197 Å². The number of halogens is 1. The van der Waals surface area contributed by atoms with Crippen LogP contribution in [-0.2, 0) is 36.0 Å². The van der Waals surface area contributed by atoms with Crippen LogP contribution in [0.1, 0.15) is 18.1 Å². The van der Waals surface area contributed by atoms with E-state index in [1.54, 1.807) is 42.5 Å². The van der Waals surface area contributed by atoms with Crippen molar-refractivity contribution >= 4 is 49.1 Å². The summed E-state index contributed by atoms with van der Waals surface area (Å²) in [6.07, 6.45) is -0.809. The standard InChI is InChI=1S/C26H25BrN2O6S.3H2O/c1-17(30)24(35-36(3,32)33)26(28-20-10-12-21(34-2)13-11-20)22-14-9-19(27)15-23(22)29(25(26)31)16-18-7-5-4-6-8-18;;;/h4-15,24,28H,16H2,1-3H3;3*1H2/t24-,26-;;;/m0.../s1. The van der Waals surface area contributed by atoms with Crippen LogP contribution in [0.2, 0.25) is 0 Å². The van der Waals surface area contributed by atoms with Crippen molar-refractivity contribution < 1.29 is 43.4 Å². The van der Waals surface area contributed by atoms with Gasteiger partial charge in [-0.2, -0.15) is 8.42 Å². The van der Waals surface area contributed by atoms with E-state index in [1.807, 2.05) is 30.3 Å². The summed E-state index contributed by atoms with van der Waals surface area (Å²) in [5.74, 6) is -0.540. The Morgan fingerprint density at radius 2 is 1.64 bits per heavy atom. The molecule has 2 atom stereocenters. The number of carbonyl (C=O) groups excluding carboxylic acids is 2. The molecule has 0 unspecified atom stereocenters. The molecule has 13 heteroatoms. The largest absolute Gasteiger partial charge is 0.497 e. The van der Waals surface area contributed by atoms with Gasteiger partial charge in [-0.1, -0.05) is 52.3 Å².